The zero-order chi connectivity index (χ0) is 5.98. The highest BCUT2D eigenvalue weighted by atomic mass is 16.3. The molecule has 0 amide bonds. The zero-order valence-electron chi connectivity index (χ0n) is 5.18. The molecule has 1 radical (unpaired) electrons. The van der Waals surface area contributed by atoms with Crippen LogP contribution in [0.1, 0.15) is 26.2 Å². The van der Waals surface area contributed by atoms with E-state index >= 15 is 0 Å². The lowest BCUT2D eigenvalue weighted by atomic mass is 9.93. The molecule has 0 heterocycles. The molecule has 8 heavy (non-hydrogen) atoms. The minimum atomic E-state index is -0.569. The predicted molar refractivity (Wildman–Crippen MR) is 30.9 cm³/mol. The first-order valence-electron chi connectivity index (χ1n) is 3.21. The van der Waals surface area contributed by atoms with Gasteiger partial charge in [-0.25, -0.2) is 5.11 Å². The van der Waals surface area contributed by atoms with Crippen molar-refractivity contribution in [3.05, 3.63) is 0 Å². The van der Waals surface area contributed by atoms with Crippen LogP contribution in [0.5, 0.6) is 0 Å². The number of hydrogen-bond donors (Lipinski definition) is 1. The van der Waals surface area contributed by atoms with Gasteiger partial charge in [0.05, 0.1) is 0 Å². The third kappa shape index (κ3) is 1.46. The van der Waals surface area contributed by atoms with Gasteiger partial charge in [-0.3, -0.25) is 5.32 Å². The topological polar surface area (TPSA) is 31.9 Å². The lowest BCUT2D eigenvalue weighted by Gasteiger charge is -2.27. The molecule has 1 saturated carbocycles. The first-order chi connectivity index (χ1) is 3.79. The van der Waals surface area contributed by atoms with Crippen molar-refractivity contribution in [3.8, 4) is 0 Å². The van der Waals surface area contributed by atoms with Crippen molar-refractivity contribution >= 4 is 0 Å². The Morgan fingerprint density at radius 1 is 1.62 bits per heavy atom. The summed E-state index contributed by atoms with van der Waals surface area (Å²) >= 11 is 0. The summed E-state index contributed by atoms with van der Waals surface area (Å²) in [6.45, 7) is 1.65. The summed E-state index contributed by atoms with van der Waals surface area (Å²) in [7, 11) is 0. The van der Waals surface area contributed by atoms with Gasteiger partial charge in [0, 0.05) is 6.04 Å². The Hall–Kier alpha value is -0.0800. The molecule has 2 nitrogen and oxygen atoms in total. The molecule has 1 fully saturated rings. The predicted octanol–water partition coefficient (Wildman–Crippen LogP) is 0.905. The van der Waals surface area contributed by atoms with Crippen LogP contribution in [0.4, 0.5) is 0 Å². The van der Waals surface area contributed by atoms with Gasteiger partial charge in [0.1, 0.15) is 6.23 Å². The molecule has 0 aliphatic heterocycles. The Morgan fingerprint density at radius 3 is 2.38 bits per heavy atom. The fourth-order valence-corrected chi connectivity index (χ4v) is 0.907. The van der Waals surface area contributed by atoms with Crippen LogP contribution < -0.4 is 5.32 Å². The second-order valence-electron chi connectivity index (χ2n) is 2.44. The second kappa shape index (κ2) is 2.46. The molecule has 1 unspecified atom stereocenters. The van der Waals surface area contributed by atoms with Crippen LogP contribution in [0.2, 0.25) is 0 Å². The Labute approximate surface area is 49.9 Å². The summed E-state index contributed by atoms with van der Waals surface area (Å²) in [6, 6.07) is 0.544. The molecular formula is C6H12NO. The van der Waals surface area contributed by atoms with Crippen LogP contribution >= 0.6 is 0 Å². The summed E-state index contributed by atoms with van der Waals surface area (Å²) in [5, 5.41) is 13.3. The van der Waals surface area contributed by atoms with E-state index in [4.69, 9.17) is 0 Å². The number of rotatable bonds is 2. The van der Waals surface area contributed by atoms with Gasteiger partial charge in [-0.15, -0.1) is 0 Å². The van der Waals surface area contributed by atoms with E-state index in [0.29, 0.717) is 6.04 Å². The number of nitrogens with one attached hydrogen (secondary N) is 1. The third-order valence-corrected chi connectivity index (χ3v) is 1.58. The first kappa shape index (κ1) is 6.05. The van der Waals surface area contributed by atoms with E-state index in [2.05, 4.69) is 5.32 Å². The molecule has 0 spiro atoms. The van der Waals surface area contributed by atoms with Gasteiger partial charge in [-0.1, -0.05) is 6.42 Å². The van der Waals surface area contributed by atoms with Gasteiger partial charge in [-0.05, 0) is 19.8 Å². The van der Waals surface area contributed by atoms with Crippen LogP contribution in [0, 0.1) is 0 Å². The third-order valence-electron chi connectivity index (χ3n) is 1.58. The standard InChI is InChI=1S/C6H12NO/c1-5(8)7-6-3-2-4-6/h5-7H,2-4H2,1H3. The zero-order valence-corrected chi connectivity index (χ0v) is 5.18. The Balaban J connectivity index is 2.01. The second-order valence-corrected chi connectivity index (χ2v) is 2.44. The molecule has 0 aromatic heterocycles. The molecular weight excluding hydrogens is 102 g/mol. The minimum Gasteiger partial charge on any atom is -0.287 e. The molecule has 1 N–H and O–H groups in total. The van der Waals surface area contributed by atoms with Gasteiger partial charge in [-0.2, -0.15) is 0 Å². The molecule has 1 aliphatic rings. The van der Waals surface area contributed by atoms with E-state index < -0.39 is 6.23 Å². The number of hydrogen-bond acceptors (Lipinski definition) is 1. The maximum atomic E-state index is 10.4. The maximum Gasteiger partial charge on any atom is 0.141 e. The van der Waals surface area contributed by atoms with Crippen LogP contribution in [-0.2, 0) is 5.11 Å². The molecule has 2 heteroatoms. The molecule has 0 saturated heterocycles. The maximum absolute atomic E-state index is 10.4. The lowest BCUT2D eigenvalue weighted by Crippen LogP contribution is -2.40. The van der Waals surface area contributed by atoms with Gasteiger partial charge in [0.15, 0.2) is 0 Å². The monoisotopic (exact) mass is 114 g/mol. The smallest absolute Gasteiger partial charge is 0.141 e. The summed E-state index contributed by atoms with van der Waals surface area (Å²) in [6.07, 6.45) is 3.13. The van der Waals surface area contributed by atoms with Gasteiger partial charge >= 0.3 is 0 Å². The van der Waals surface area contributed by atoms with E-state index in [0.717, 1.165) is 0 Å². The Morgan fingerprint density at radius 2 is 2.25 bits per heavy atom. The van der Waals surface area contributed by atoms with Crippen LogP contribution in [-0.4, -0.2) is 12.3 Å². The van der Waals surface area contributed by atoms with Crippen LogP contribution in [0.3, 0.4) is 0 Å². The fourth-order valence-electron chi connectivity index (χ4n) is 0.907. The van der Waals surface area contributed by atoms with E-state index in [1.165, 1.54) is 19.3 Å². The largest absolute Gasteiger partial charge is 0.287 e. The van der Waals surface area contributed by atoms with Crippen molar-refractivity contribution in [2.24, 2.45) is 0 Å². The van der Waals surface area contributed by atoms with E-state index in [1.54, 1.807) is 6.92 Å². The van der Waals surface area contributed by atoms with Crippen molar-refractivity contribution in [1.82, 2.24) is 5.32 Å². The van der Waals surface area contributed by atoms with E-state index in [9.17, 15) is 5.11 Å². The Bertz CT molecular complexity index is 68.9. The normalized spacial score (nSPS) is 24.8. The van der Waals surface area contributed by atoms with Crippen molar-refractivity contribution in [2.45, 2.75) is 38.5 Å². The van der Waals surface area contributed by atoms with Crippen molar-refractivity contribution in [1.29, 1.82) is 0 Å². The van der Waals surface area contributed by atoms with E-state index in [1.807, 2.05) is 0 Å². The highest BCUT2D eigenvalue weighted by Crippen LogP contribution is 2.17. The fraction of sp³-hybridized carbons (Fsp3) is 1.00. The average molecular weight is 114 g/mol. The molecule has 0 bridgehead atoms. The molecule has 47 valence electrons. The van der Waals surface area contributed by atoms with Crippen LogP contribution in [0.25, 0.3) is 0 Å². The summed E-state index contributed by atoms with van der Waals surface area (Å²) in [5.74, 6) is 0. The highest BCUT2D eigenvalue weighted by Gasteiger charge is 2.17. The summed E-state index contributed by atoms with van der Waals surface area (Å²) < 4.78 is 0. The molecule has 1 atom stereocenters. The first-order valence-corrected chi connectivity index (χ1v) is 3.21. The summed E-state index contributed by atoms with van der Waals surface area (Å²) in [4.78, 5) is 0. The SMILES string of the molecule is CC([O])NC1CCC1. The van der Waals surface area contributed by atoms with Gasteiger partial charge in [0.25, 0.3) is 0 Å². The lowest BCUT2D eigenvalue weighted by molar-refractivity contribution is 0.0525. The molecule has 0 aromatic carbocycles. The van der Waals surface area contributed by atoms with Gasteiger partial charge in [0.2, 0.25) is 0 Å². The van der Waals surface area contributed by atoms with Crippen molar-refractivity contribution in [3.63, 3.8) is 0 Å². The molecule has 0 aromatic rings. The van der Waals surface area contributed by atoms with Crippen molar-refractivity contribution in [2.75, 3.05) is 0 Å². The van der Waals surface area contributed by atoms with Gasteiger partial charge < -0.3 is 0 Å². The van der Waals surface area contributed by atoms with Crippen LogP contribution in [0.15, 0.2) is 0 Å². The summed E-state index contributed by atoms with van der Waals surface area (Å²) in [5.41, 5.74) is 0. The Kier molecular flexibility index (Phi) is 1.86. The molecule has 1 aliphatic carbocycles. The quantitative estimate of drug-likeness (QED) is 0.531. The van der Waals surface area contributed by atoms with Crippen molar-refractivity contribution < 1.29 is 5.11 Å². The molecule has 1 rings (SSSR count). The minimum absolute atomic E-state index is 0.544. The van der Waals surface area contributed by atoms with E-state index in [-0.39, 0.29) is 0 Å². The highest BCUT2D eigenvalue weighted by molar-refractivity contribution is 4.75. The average Bonchev–Trinajstić information content (AvgIpc) is 1.55.